The summed E-state index contributed by atoms with van der Waals surface area (Å²) in [7, 11) is -1.73. The minimum atomic E-state index is -1.73. The number of thiazole rings is 1. The molecule has 5 nitrogen and oxygen atoms in total. The zero-order valence-corrected chi connectivity index (χ0v) is 29.2. The normalized spacial score (nSPS) is 16.5. The number of allylic oxidation sites excluding steroid dienone is 3. The lowest BCUT2D eigenvalue weighted by Crippen LogP contribution is -2.42. The molecule has 7 heteroatoms. The second-order valence-electron chi connectivity index (χ2n) is 13.7. The van der Waals surface area contributed by atoms with Gasteiger partial charge in [-0.05, 0) is 82.4 Å². The average Bonchev–Trinajstić information content (AvgIpc) is 3.24. The van der Waals surface area contributed by atoms with Crippen LogP contribution >= 0.6 is 11.3 Å². The maximum Gasteiger partial charge on any atom is 0.331 e. The van der Waals surface area contributed by atoms with Crippen LogP contribution in [0.4, 0.5) is 0 Å². The van der Waals surface area contributed by atoms with Crippen LogP contribution in [0.2, 0.25) is 11.1 Å². The first-order chi connectivity index (χ1) is 18.5. The summed E-state index contributed by atoms with van der Waals surface area (Å²) in [5.74, 6) is -0.471. The fourth-order valence-corrected chi connectivity index (χ4v) is 8.52. The van der Waals surface area contributed by atoms with E-state index in [9.17, 15) is 14.7 Å². The molecule has 0 radical (unpaired) electrons. The Morgan fingerprint density at radius 1 is 1.12 bits per heavy atom. The van der Waals surface area contributed by atoms with E-state index in [-0.39, 0.29) is 23.2 Å². The lowest BCUT2D eigenvalue weighted by Gasteiger charge is -2.34. The van der Waals surface area contributed by atoms with Gasteiger partial charge in [0.05, 0.1) is 10.7 Å². The van der Waals surface area contributed by atoms with Crippen LogP contribution in [-0.4, -0.2) is 37.0 Å². The van der Waals surface area contributed by atoms with E-state index in [1.54, 1.807) is 11.3 Å². The van der Waals surface area contributed by atoms with Gasteiger partial charge in [0.2, 0.25) is 0 Å². The molecule has 0 aliphatic heterocycles. The monoisotopic (exact) mass is 591 g/mol. The quantitative estimate of drug-likeness (QED) is 0.136. The van der Waals surface area contributed by atoms with E-state index in [2.05, 4.69) is 71.0 Å². The van der Waals surface area contributed by atoms with E-state index in [4.69, 9.17) is 4.43 Å². The van der Waals surface area contributed by atoms with Crippen molar-refractivity contribution >= 4 is 38.2 Å². The highest BCUT2D eigenvalue weighted by Gasteiger charge is 2.39. The number of aromatic nitrogens is 1. The van der Waals surface area contributed by atoms with Crippen LogP contribution in [0, 0.1) is 24.2 Å². The van der Waals surface area contributed by atoms with Gasteiger partial charge in [-0.2, -0.15) is 0 Å². The van der Waals surface area contributed by atoms with Gasteiger partial charge in [0.15, 0.2) is 9.04 Å². The molecule has 0 fully saturated rings. The van der Waals surface area contributed by atoms with Gasteiger partial charge in [-0.3, -0.25) is 4.79 Å². The Labute approximate surface area is 250 Å². The molecule has 4 atom stereocenters. The van der Waals surface area contributed by atoms with Crippen molar-refractivity contribution in [2.75, 3.05) is 0 Å². The van der Waals surface area contributed by atoms with Crippen LogP contribution in [0.5, 0.6) is 0 Å². The van der Waals surface area contributed by atoms with Crippen molar-refractivity contribution in [1.29, 1.82) is 0 Å². The average molecular weight is 592 g/mol. The minimum absolute atomic E-state index is 0.0238. The summed E-state index contributed by atoms with van der Waals surface area (Å²) in [6.07, 6.45) is 10.0. The fraction of sp³-hybridized carbons (Fsp3) is 0.727. The van der Waals surface area contributed by atoms with Crippen molar-refractivity contribution in [3.05, 3.63) is 33.3 Å². The van der Waals surface area contributed by atoms with E-state index in [0.29, 0.717) is 5.92 Å². The van der Waals surface area contributed by atoms with E-state index in [0.717, 1.165) is 55.3 Å². The van der Waals surface area contributed by atoms with Crippen molar-refractivity contribution in [3.8, 4) is 0 Å². The van der Waals surface area contributed by atoms with Crippen LogP contribution in [0.25, 0.3) is 6.08 Å². The van der Waals surface area contributed by atoms with Crippen molar-refractivity contribution in [2.24, 2.45) is 17.3 Å². The van der Waals surface area contributed by atoms with Gasteiger partial charge < -0.3 is 9.53 Å². The number of aliphatic carboxylic acids is 1. The first kappa shape index (κ1) is 36.5. The summed E-state index contributed by atoms with van der Waals surface area (Å²) in [4.78, 5) is 30.0. The number of carboxylic acid groups (broad SMARTS) is 1. The Hall–Kier alpha value is -1.57. The van der Waals surface area contributed by atoms with Crippen LogP contribution in [0.15, 0.2) is 22.6 Å². The number of rotatable bonds is 18. The molecule has 40 heavy (non-hydrogen) atoms. The van der Waals surface area contributed by atoms with Crippen molar-refractivity contribution in [1.82, 2.24) is 4.98 Å². The second-order valence-corrected chi connectivity index (χ2v) is 18.5. The molecule has 0 aromatic carbocycles. The predicted molar refractivity (Wildman–Crippen MR) is 174 cm³/mol. The smallest absolute Gasteiger partial charge is 0.331 e. The largest absolute Gasteiger partial charge is 0.479 e. The first-order valence-electron chi connectivity index (χ1n) is 15.1. The van der Waals surface area contributed by atoms with Crippen molar-refractivity contribution in [2.45, 2.75) is 138 Å². The predicted octanol–water partition coefficient (Wildman–Crippen LogP) is 9.41. The van der Waals surface area contributed by atoms with Gasteiger partial charge in [0.25, 0.3) is 0 Å². The summed E-state index contributed by atoms with van der Waals surface area (Å²) in [6, 6.07) is 0.869. The number of carbonyl (C=O) groups is 2. The van der Waals surface area contributed by atoms with Gasteiger partial charge in [0.1, 0.15) is 11.9 Å². The third-order valence-corrected chi connectivity index (χ3v) is 12.0. The second kappa shape index (κ2) is 16.8. The highest BCUT2D eigenvalue weighted by Crippen LogP contribution is 2.35. The van der Waals surface area contributed by atoms with Gasteiger partial charge in [-0.1, -0.05) is 79.0 Å². The number of nitrogens with zero attached hydrogens (tertiary/aromatic N) is 1. The molecule has 1 unspecified atom stereocenters. The van der Waals surface area contributed by atoms with E-state index >= 15 is 0 Å². The number of aryl methyl sites for hydroxylation is 1. The van der Waals surface area contributed by atoms with Crippen LogP contribution in [-0.2, 0) is 14.0 Å². The van der Waals surface area contributed by atoms with Gasteiger partial charge in [0, 0.05) is 16.7 Å². The van der Waals surface area contributed by atoms with Crippen LogP contribution in [0.1, 0.15) is 125 Å². The Balaban J connectivity index is 2.53. The standard InChI is InChI=1S/C33H57NO4SSi/c1-12-40(32(7,8)9)38-29(31(36)37)21-33(10,11)30(35)26(5)19-24(3)17-13-15-23(2)16-14-18-25(4)20-28-22-39-27(6)34-28/h16,20,22,24,26,29,40H,12-15,17-19,21H2,1-11H3,(H,36,37)/b23-16+,25-20+/t24-,26-,29-,40?/m1/s1. The van der Waals surface area contributed by atoms with Gasteiger partial charge in [-0.25, -0.2) is 9.78 Å². The Bertz CT molecular complexity index is 1000. The van der Waals surface area contributed by atoms with Gasteiger partial charge in [-0.15, -0.1) is 11.3 Å². The molecule has 0 bridgehead atoms. The molecule has 228 valence electrons. The lowest BCUT2D eigenvalue weighted by atomic mass is 9.75. The maximum atomic E-state index is 13.4. The molecule has 0 spiro atoms. The summed E-state index contributed by atoms with van der Waals surface area (Å²) < 4.78 is 6.19. The van der Waals surface area contributed by atoms with E-state index < -0.39 is 26.5 Å². The molecule has 0 amide bonds. The van der Waals surface area contributed by atoms with Crippen molar-refractivity contribution in [3.63, 3.8) is 0 Å². The summed E-state index contributed by atoms with van der Waals surface area (Å²) in [5, 5.41) is 13.1. The Kier molecular flexibility index (Phi) is 15.3. The third kappa shape index (κ3) is 13.4. The molecule has 0 saturated carbocycles. The number of carbonyl (C=O) groups excluding carboxylic acids is 1. The zero-order chi connectivity index (χ0) is 30.7. The molecule has 1 N–H and O–H groups in total. The molecule has 1 rings (SSSR count). The highest BCUT2D eigenvalue weighted by molar-refractivity contribution is 7.09. The molecule has 1 heterocycles. The zero-order valence-electron chi connectivity index (χ0n) is 27.2. The maximum absolute atomic E-state index is 13.4. The summed E-state index contributed by atoms with van der Waals surface area (Å²) in [6.45, 7) is 22.9. The topological polar surface area (TPSA) is 76.5 Å². The number of hydrogen-bond donors (Lipinski definition) is 1. The molecule has 0 saturated heterocycles. The van der Waals surface area contributed by atoms with Crippen LogP contribution < -0.4 is 0 Å². The van der Waals surface area contributed by atoms with Crippen molar-refractivity contribution < 1.29 is 19.1 Å². The Morgan fingerprint density at radius 2 is 1.77 bits per heavy atom. The van der Waals surface area contributed by atoms with Crippen LogP contribution in [0.3, 0.4) is 0 Å². The SMILES string of the molecule is CC[SiH](O[C@H](CC(C)(C)C(=O)[C@H](C)C[C@H](C)CCC/C(C)=C/CC/C(C)=C/c1csc(C)n1)C(=O)O)C(C)(C)C. The molecule has 1 aromatic heterocycles. The molecule has 0 aliphatic rings. The lowest BCUT2D eigenvalue weighted by molar-refractivity contribution is -0.148. The number of Topliss-reactive ketones (excluding diaryl/α,β-unsaturated/α-hetero) is 1. The molecule has 0 aliphatic carbocycles. The fourth-order valence-electron chi connectivity index (χ4n) is 5.51. The molecule has 1 aromatic rings. The highest BCUT2D eigenvalue weighted by atomic mass is 32.1. The summed E-state index contributed by atoms with van der Waals surface area (Å²) >= 11 is 1.69. The number of ketones is 1. The Morgan fingerprint density at radius 3 is 2.30 bits per heavy atom. The third-order valence-electron chi connectivity index (χ3n) is 7.84. The number of carboxylic acids is 1. The molecular formula is C33H57NO4SSi. The minimum Gasteiger partial charge on any atom is -0.479 e. The van der Waals surface area contributed by atoms with E-state index in [1.165, 1.54) is 11.1 Å². The first-order valence-corrected chi connectivity index (χ1v) is 17.9. The molecular weight excluding hydrogens is 535 g/mol. The van der Waals surface area contributed by atoms with E-state index in [1.807, 2.05) is 27.7 Å². The summed E-state index contributed by atoms with van der Waals surface area (Å²) in [5.41, 5.74) is 3.11. The van der Waals surface area contributed by atoms with Gasteiger partial charge >= 0.3 is 5.97 Å². The number of hydrogen-bond acceptors (Lipinski definition) is 5.